The van der Waals surface area contributed by atoms with Crippen molar-refractivity contribution in [2.24, 2.45) is 11.7 Å². The Bertz CT molecular complexity index is 338. The molecule has 1 fully saturated rings. The van der Waals surface area contributed by atoms with Crippen LogP contribution in [0.1, 0.15) is 65.2 Å². The summed E-state index contributed by atoms with van der Waals surface area (Å²) >= 11 is 0. The number of hydrogen-bond donors (Lipinski definition) is 3. The normalized spacial score (nSPS) is 20.4. The van der Waals surface area contributed by atoms with Crippen LogP contribution < -0.4 is 11.1 Å². The average molecular weight is 284 g/mol. The number of nitrogens with one attached hydrogen (secondary N) is 1. The monoisotopic (exact) mass is 284 g/mol. The van der Waals surface area contributed by atoms with Crippen molar-refractivity contribution in [2.45, 2.75) is 76.8 Å². The lowest BCUT2D eigenvalue weighted by Crippen LogP contribution is -2.44. The summed E-state index contributed by atoms with van der Waals surface area (Å²) in [6, 6.07) is 0.0773. The van der Waals surface area contributed by atoms with Crippen molar-refractivity contribution in [3.63, 3.8) is 0 Å². The molecular weight excluding hydrogens is 256 g/mol. The van der Waals surface area contributed by atoms with E-state index in [2.05, 4.69) is 5.32 Å². The quantitative estimate of drug-likeness (QED) is 0.636. The highest BCUT2D eigenvalue weighted by Crippen LogP contribution is 2.29. The number of hydrogen-bond acceptors (Lipinski definition) is 3. The molecule has 0 radical (unpaired) electrons. The van der Waals surface area contributed by atoms with Gasteiger partial charge in [-0.25, -0.2) is 0 Å². The summed E-state index contributed by atoms with van der Waals surface area (Å²) in [5.41, 5.74) is 5.88. The zero-order valence-electron chi connectivity index (χ0n) is 12.7. The molecule has 4 N–H and O–H groups in total. The molecule has 0 aromatic carbocycles. The van der Waals surface area contributed by atoms with Crippen LogP contribution >= 0.6 is 0 Å². The van der Waals surface area contributed by atoms with Gasteiger partial charge < -0.3 is 16.2 Å². The Morgan fingerprint density at radius 1 is 1.25 bits per heavy atom. The number of carboxylic acids is 1. The molecule has 1 aliphatic rings. The summed E-state index contributed by atoms with van der Waals surface area (Å²) in [7, 11) is 0. The molecule has 0 aromatic heterocycles. The van der Waals surface area contributed by atoms with Crippen LogP contribution in [0.4, 0.5) is 0 Å². The van der Waals surface area contributed by atoms with E-state index in [9.17, 15) is 9.59 Å². The van der Waals surface area contributed by atoms with Crippen LogP contribution in [0.5, 0.6) is 0 Å². The van der Waals surface area contributed by atoms with Crippen LogP contribution in [0.15, 0.2) is 0 Å². The Morgan fingerprint density at radius 3 is 2.40 bits per heavy atom. The molecule has 1 amide bonds. The smallest absolute Gasteiger partial charge is 0.306 e. The van der Waals surface area contributed by atoms with E-state index >= 15 is 0 Å². The summed E-state index contributed by atoms with van der Waals surface area (Å²) in [6.07, 6.45) is 6.78. The van der Waals surface area contributed by atoms with Crippen molar-refractivity contribution >= 4 is 11.9 Å². The molecule has 0 saturated heterocycles. The fourth-order valence-corrected chi connectivity index (χ4v) is 2.83. The first-order valence-electron chi connectivity index (χ1n) is 7.63. The van der Waals surface area contributed by atoms with Crippen LogP contribution in [0.3, 0.4) is 0 Å². The van der Waals surface area contributed by atoms with Crippen LogP contribution in [-0.4, -0.2) is 28.6 Å². The molecule has 1 aliphatic carbocycles. The van der Waals surface area contributed by atoms with Crippen LogP contribution in [0, 0.1) is 5.92 Å². The van der Waals surface area contributed by atoms with E-state index in [1.807, 2.05) is 6.92 Å². The lowest BCUT2D eigenvalue weighted by atomic mass is 9.94. The van der Waals surface area contributed by atoms with E-state index in [0.717, 1.165) is 38.5 Å². The maximum Gasteiger partial charge on any atom is 0.306 e. The van der Waals surface area contributed by atoms with Gasteiger partial charge in [0.05, 0.1) is 5.92 Å². The van der Waals surface area contributed by atoms with Gasteiger partial charge in [0.1, 0.15) is 0 Å². The molecule has 5 heteroatoms. The van der Waals surface area contributed by atoms with Gasteiger partial charge >= 0.3 is 5.97 Å². The standard InChI is InChI=1S/C15H28N2O3/c1-11(14(19)20)6-5-7-12(2)17-13(18)10-15(16)8-3-4-9-15/h11-12H,3-10,16H2,1-2H3,(H,17,18)(H,19,20). The minimum Gasteiger partial charge on any atom is -0.481 e. The first-order chi connectivity index (χ1) is 9.32. The van der Waals surface area contributed by atoms with Gasteiger partial charge in [-0.2, -0.15) is 0 Å². The summed E-state index contributed by atoms with van der Waals surface area (Å²) in [5, 5.41) is 11.8. The molecule has 2 unspecified atom stereocenters. The molecule has 0 bridgehead atoms. The third-order valence-corrected chi connectivity index (χ3v) is 4.22. The second-order valence-electron chi connectivity index (χ2n) is 6.39. The number of aliphatic carboxylic acids is 1. The molecule has 116 valence electrons. The third kappa shape index (κ3) is 5.90. The molecule has 0 heterocycles. The highest BCUT2D eigenvalue weighted by Gasteiger charge is 2.31. The maximum atomic E-state index is 11.9. The molecule has 0 aromatic rings. The molecular formula is C15H28N2O3. The molecule has 1 saturated carbocycles. The van der Waals surface area contributed by atoms with Gasteiger partial charge in [0.2, 0.25) is 5.91 Å². The predicted molar refractivity (Wildman–Crippen MR) is 78.3 cm³/mol. The first kappa shape index (κ1) is 17.0. The molecule has 0 spiro atoms. The maximum absolute atomic E-state index is 11.9. The summed E-state index contributed by atoms with van der Waals surface area (Å²) in [6.45, 7) is 3.67. The second kappa shape index (κ2) is 7.62. The van der Waals surface area contributed by atoms with E-state index in [0.29, 0.717) is 12.8 Å². The Morgan fingerprint density at radius 2 is 1.85 bits per heavy atom. The number of nitrogens with two attached hydrogens (primary N) is 1. The Kier molecular flexibility index (Phi) is 6.46. The van der Waals surface area contributed by atoms with E-state index in [1.54, 1.807) is 6.92 Å². The zero-order valence-corrected chi connectivity index (χ0v) is 12.7. The number of rotatable bonds is 8. The zero-order chi connectivity index (χ0) is 15.2. The van der Waals surface area contributed by atoms with Gasteiger partial charge in [0.15, 0.2) is 0 Å². The van der Waals surface area contributed by atoms with Crippen LogP contribution in [0.25, 0.3) is 0 Å². The Labute approximate surface area is 121 Å². The molecule has 5 nitrogen and oxygen atoms in total. The lowest BCUT2D eigenvalue weighted by Gasteiger charge is -2.24. The van der Waals surface area contributed by atoms with Crippen molar-refractivity contribution in [1.29, 1.82) is 0 Å². The van der Waals surface area contributed by atoms with E-state index in [-0.39, 0.29) is 23.4 Å². The van der Waals surface area contributed by atoms with Gasteiger partial charge in [-0.15, -0.1) is 0 Å². The fraction of sp³-hybridized carbons (Fsp3) is 0.867. The van der Waals surface area contributed by atoms with Crippen molar-refractivity contribution in [3.8, 4) is 0 Å². The van der Waals surface area contributed by atoms with Crippen molar-refractivity contribution < 1.29 is 14.7 Å². The minimum absolute atomic E-state index is 0.0215. The summed E-state index contributed by atoms with van der Waals surface area (Å²) in [5.74, 6) is -1.05. The topological polar surface area (TPSA) is 92.4 Å². The van der Waals surface area contributed by atoms with Crippen molar-refractivity contribution in [1.82, 2.24) is 5.32 Å². The van der Waals surface area contributed by atoms with E-state index in [4.69, 9.17) is 10.8 Å². The van der Waals surface area contributed by atoms with Gasteiger partial charge in [-0.3, -0.25) is 9.59 Å². The van der Waals surface area contributed by atoms with Gasteiger partial charge in [-0.05, 0) is 32.6 Å². The highest BCUT2D eigenvalue weighted by molar-refractivity contribution is 5.77. The Balaban J connectivity index is 2.19. The predicted octanol–water partition coefficient (Wildman–Crippen LogP) is 2.04. The third-order valence-electron chi connectivity index (χ3n) is 4.22. The second-order valence-corrected chi connectivity index (χ2v) is 6.39. The molecule has 0 aliphatic heterocycles. The largest absolute Gasteiger partial charge is 0.481 e. The summed E-state index contributed by atoms with van der Waals surface area (Å²) < 4.78 is 0. The first-order valence-corrected chi connectivity index (χ1v) is 7.63. The fourth-order valence-electron chi connectivity index (χ4n) is 2.83. The highest BCUT2D eigenvalue weighted by atomic mass is 16.4. The number of carbonyl (C=O) groups is 2. The van der Waals surface area contributed by atoms with Gasteiger partial charge in [0.25, 0.3) is 0 Å². The average Bonchev–Trinajstić information content (AvgIpc) is 2.74. The summed E-state index contributed by atoms with van der Waals surface area (Å²) in [4.78, 5) is 22.6. The van der Waals surface area contributed by atoms with Gasteiger partial charge in [-0.1, -0.05) is 26.2 Å². The van der Waals surface area contributed by atoms with E-state index < -0.39 is 5.97 Å². The van der Waals surface area contributed by atoms with Crippen molar-refractivity contribution in [2.75, 3.05) is 0 Å². The molecule has 20 heavy (non-hydrogen) atoms. The minimum atomic E-state index is -0.756. The molecule has 2 atom stereocenters. The molecule has 1 rings (SSSR count). The van der Waals surface area contributed by atoms with Gasteiger partial charge in [0, 0.05) is 18.0 Å². The van der Waals surface area contributed by atoms with Crippen molar-refractivity contribution in [3.05, 3.63) is 0 Å². The lowest BCUT2D eigenvalue weighted by molar-refractivity contribution is -0.141. The number of carboxylic acid groups (broad SMARTS) is 1. The van der Waals surface area contributed by atoms with Crippen LogP contribution in [0.2, 0.25) is 0 Å². The number of carbonyl (C=O) groups excluding carboxylic acids is 1. The van der Waals surface area contributed by atoms with E-state index in [1.165, 1.54) is 0 Å². The Hall–Kier alpha value is -1.10. The van der Waals surface area contributed by atoms with Crippen LogP contribution in [-0.2, 0) is 9.59 Å². The SMILES string of the molecule is CC(CCCC(C)C(=O)O)NC(=O)CC1(N)CCCC1. The number of amides is 1.